The lowest BCUT2D eigenvalue weighted by molar-refractivity contribution is 0.461. The van der Waals surface area contributed by atoms with Crippen molar-refractivity contribution in [3.8, 4) is 22.6 Å². The van der Waals surface area contributed by atoms with Crippen molar-refractivity contribution < 1.29 is 14.2 Å². The normalized spacial score (nSPS) is 18.9. The summed E-state index contributed by atoms with van der Waals surface area (Å²) < 4.78 is 21.5. The Morgan fingerprint density at radius 3 is 2.00 bits per heavy atom. The smallest absolute Gasteiger partial charge is 0.292 e. The first-order valence-electron chi connectivity index (χ1n) is 10.1. The molecule has 2 atom stereocenters. The molecule has 0 fully saturated rings. The number of anilines is 1. The zero-order chi connectivity index (χ0) is 21.6. The lowest BCUT2D eigenvalue weighted by Gasteiger charge is -2.41. The molecule has 0 spiro atoms. The van der Waals surface area contributed by atoms with Crippen molar-refractivity contribution in [2.75, 3.05) is 5.73 Å². The van der Waals surface area contributed by atoms with E-state index in [1.54, 1.807) is 24.3 Å². The SMILES string of the molecule is CC(c1ccc(N)cc1)(c1ccc(O)cc1)P1(=O)Oc2ccccc2-c2ccccc21. The molecule has 0 aliphatic carbocycles. The van der Waals surface area contributed by atoms with Gasteiger partial charge in [0.2, 0.25) is 0 Å². The maximum Gasteiger partial charge on any atom is 0.292 e. The Morgan fingerprint density at radius 1 is 0.774 bits per heavy atom. The Balaban J connectivity index is 1.84. The van der Waals surface area contributed by atoms with E-state index in [9.17, 15) is 5.11 Å². The first-order chi connectivity index (χ1) is 14.9. The average Bonchev–Trinajstić information content (AvgIpc) is 2.80. The summed E-state index contributed by atoms with van der Waals surface area (Å²) in [4.78, 5) is 0. The number of para-hydroxylation sites is 1. The molecule has 4 aromatic rings. The van der Waals surface area contributed by atoms with Crippen LogP contribution in [0.3, 0.4) is 0 Å². The molecule has 0 saturated carbocycles. The molecular formula is C26H22NO3P. The van der Waals surface area contributed by atoms with Gasteiger partial charge in [-0.1, -0.05) is 60.7 Å². The van der Waals surface area contributed by atoms with Crippen LogP contribution in [0.25, 0.3) is 11.1 Å². The first kappa shape index (κ1) is 19.5. The number of nitrogens with two attached hydrogens (primary N) is 1. The number of fused-ring (bicyclic) bond motifs is 3. The number of nitrogen functional groups attached to an aromatic ring is 1. The van der Waals surface area contributed by atoms with Gasteiger partial charge in [-0.25, -0.2) is 0 Å². The van der Waals surface area contributed by atoms with E-state index in [0.717, 1.165) is 22.3 Å². The fourth-order valence-electron chi connectivity index (χ4n) is 4.35. The van der Waals surface area contributed by atoms with Crippen molar-refractivity contribution in [2.45, 2.75) is 12.1 Å². The van der Waals surface area contributed by atoms with Gasteiger partial charge < -0.3 is 15.4 Å². The van der Waals surface area contributed by atoms with Crippen LogP contribution in [0.5, 0.6) is 11.5 Å². The van der Waals surface area contributed by atoms with Gasteiger partial charge in [-0.05, 0) is 60.0 Å². The summed E-state index contributed by atoms with van der Waals surface area (Å²) in [5, 5.41) is 9.54. The summed E-state index contributed by atoms with van der Waals surface area (Å²) >= 11 is 0. The Labute approximate surface area is 181 Å². The quantitative estimate of drug-likeness (QED) is 0.315. The van der Waals surface area contributed by atoms with E-state index in [1.165, 1.54) is 0 Å². The topological polar surface area (TPSA) is 72.5 Å². The highest BCUT2D eigenvalue weighted by Crippen LogP contribution is 2.68. The van der Waals surface area contributed by atoms with E-state index in [-0.39, 0.29) is 5.75 Å². The number of phenols is 1. The highest BCUT2D eigenvalue weighted by molar-refractivity contribution is 7.69. The highest BCUT2D eigenvalue weighted by Gasteiger charge is 2.53. The number of phenolic OH excluding ortho intramolecular Hbond substituents is 1. The molecule has 1 heterocycles. The number of benzene rings is 4. The third-order valence-corrected chi connectivity index (χ3v) is 9.29. The highest BCUT2D eigenvalue weighted by atomic mass is 31.2. The molecule has 154 valence electrons. The first-order valence-corrected chi connectivity index (χ1v) is 11.7. The molecule has 0 aromatic heterocycles. The molecule has 4 aromatic carbocycles. The number of aromatic hydroxyl groups is 1. The predicted octanol–water partition coefficient (Wildman–Crippen LogP) is 5.90. The molecular weight excluding hydrogens is 405 g/mol. The van der Waals surface area contributed by atoms with Gasteiger partial charge in [0.15, 0.2) is 0 Å². The summed E-state index contributed by atoms with van der Waals surface area (Å²) in [6, 6.07) is 29.7. The minimum Gasteiger partial charge on any atom is -0.508 e. The summed E-state index contributed by atoms with van der Waals surface area (Å²) in [7, 11) is -3.55. The summed E-state index contributed by atoms with van der Waals surface area (Å²) in [6.45, 7) is 1.94. The molecule has 2 unspecified atom stereocenters. The third kappa shape index (κ3) is 2.87. The van der Waals surface area contributed by atoms with Crippen LogP contribution in [-0.2, 0) is 9.72 Å². The molecule has 31 heavy (non-hydrogen) atoms. The molecule has 0 amide bonds. The van der Waals surface area contributed by atoms with Crippen molar-refractivity contribution in [1.82, 2.24) is 0 Å². The van der Waals surface area contributed by atoms with E-state index in [1.807, 2.05) is 79.7 Å². The van der Waals surface area contributed by atoms with Crippen molar-refractivity contribution in [1.29, 1.82) is 0 Å². The molecule has 3 N–H and O–H groups in total. The maximum atomic E-state index is 15.1. The van der Waals surface area contributed by atoms with E-state index >= 15 is 4.57 Å². The van der Waals surface area contributed by atoms with Crippen LogP contribution in [0.15, 0.2) is 97.1 Å². The van der Waals surface area contributed by atoms with Gasteiger partial charge in [-0.2, -0.15) is 0 Å². The molecule has 4 nitrogen and oxygen atoms in total. The van der Waals surface area contributed by atoms with Crippen molar-refractivity contribution >= 4 is 18.4 Å². The largest absolute Gasteiger partial charge is 0.508 e. The molecule has 1 aliphatic heterocycles. The van der Waals surface area contributed by atoms with Gasteiger partial charge in [0, 0.05) is 11.3 Å². The second-order valence-electron chi connectivity index (χ2n) is 7.90. The van der Waals surface area contributed by atoms with Crippen molar-refractivity contribution in [3.05, 3.63) is 108 Å². The Kier molecular flexibility index (Phi) is 4.42. The lowest BCUT2D eigenvalue weighted by Crippen LogP contribution is -2.34. The summed E-state index contributed by atoms with van der Waals surface area (Å²) in [6.07, 6.45) is 0. The van der Waals surface area contributed by atoms with Crippen molar-refractivity contribution in [2.24, 2.45) is 0 Å². The Morgan fingerprint density at radius 2 is 1.32 bits per heavy atom. The van der Waals surface area contributed by atoms with E-state index in [0.29, 0.717) is 16.7 Å². The van der Waals surface area contributed by atoms with Crippen LogP contribution in [-0.4, -0.2) is 5.11 Å². The van der Waals surface area contributed by atoms with Crippen LogP contribution in [0.1, 0.15) is 18.1 Å². The van der Waals surface area contributed by atoms with Crippen LogP contribution in [0.4, 0.5) is 5.69 Å². The van der Waals surface area contributed by atoms with Crippen LogP contribution >= 0.6 is 7.37 Å². The zero-order valence-corrected chi connectivity index (χ0v) is 17.9. The number of rotatable bonds is 3. The Hall–Kier alpha value is -3.49. The zero-order valence-electron chi connectivity index (χ0n) is 17.0. The fourth-order valence-corrected chi connectivity index (χ4v) is 7.32. The van der Waals surface area contributed by atoms with Gasteiger partial charge in [0.25, 0.3) is 7.37 Å². The van der Waals surface area contributed by atoms with E-state index in [2.05, 4.69) is 0 Å². The summed E-state index contributed by atoms with van der Waals surface area (Å²) in [5.41, 5.74) is 10.0. The van der Waals surface area contributed by atoms with Gasteiger partial charge >= 0.3 is 0 Å². The second kappa shape index (κ2) is 7.04. The molecule has 0 saturated heterocycles. The van der Waals surface area contributed by atoms with Gasteiger partial charge in [-0.15, -0.1) is 0 Å². The van der Waals surface area contributed by atoms with E-state index < -0.39 is 12.5 Å². The standard InChI is InChI=1S/C26H22NO3P/c1-26(18-10-14-20(27)15-11-18,19-12-16-21(28)17-13-19)31(29)25-9-5-3-7-23(25)22-6-2-4-8-24(22)30-31/h2-17,28H,27H2,1H3. The fraction of sp³-hybridized carbons (Fsp3) is 0.0769. The maximum absolute atomic E-state index is 15.1. The monoisotopic (exact) mass is 427 g/mol. The minimum atomic E-state index is -3.55. The molecule has 0 radical (unpaired) electrons. The van der Waals surface area contributed by atoms with Gasteiger partial charge in [0.05, 0.1) is 5.30 Å². The molecule has 5 rings (SSSR count). The molecule has 0 bridgehead atoms. The third-order valence-electron chi connectivity index (χ3n) is 6.12. The van der Waals surface area contributed by atoms with Gasteiger partial charge in [-0.3, -0.25) is 4.57 Å². The number of hydrogen-bond donors (Lipinski definition) is 2. The minimum absolute atomic E-state index is 0.150. The molecule has 1 aliphatic rings. The van der Waals surface area contributed by atoms with Crippen LogP contribution < -0.4 is 15.6 Å². The Bertz CT molecular complexity index is 1270. The van der Waals surface area contributed by atoms with Gasteiger partial charge in [0.1, 0.15) is 16.7 Å². The van der Waals surface area contributed by atoms with Crippen molar-refractivity contribution in [3.63, 3.8) is 0 Å². The average molecular weight is 427 g/mol. The van der Waals surface area contributed by atoms with Crippen LogP contribution in [0.2, 0.25) is 0 Å². The van der Waals surface area contributed by atoms with E-state index in [4.69, 9.17) is 10.3 Å². The van der Waals surface area contributed by atoms with Crippen LogP contribution in [0, 0.1) is 0 Å². The number of hydrogen-bond acceptors (Lipinski definition) is 4. The molecule has 5 heteroatoms. The predicted molar refractivity (Wildman–Crippen MR) is 125 cm³/mol. The second-order valence-corrected chi connectivity index (χ2v) is 10.6. The lowest BCUT2D eigenvalue weighted by atomic mass is 9.91. The summed E-state index contributed by atoms with van der Waals surface area (Å²) in [5.74, 6) is 0.752.